The van der Waals surface area contributed by atoms with Crippen molar-refractivity contribution in [2.75, 3.05) is 32.7 Å². The second kappa shape index (κ2) is 5.62. The number of aliphatic carboxylic acids is 1. The minimum Gasteiger partial charge on any atom is -0.480 e. The summed E-state index contributed by atoms with van der Waals surface area (Å²) in [6.45, 7) is 5.99. The molecule has 5 heteroatoms. The second-order valence-electron chi connectivity index (χ2n) is 4.40. The Labute approximate surface area is 105 Å². The molecule has 1 saturated heterocycles. The molecule has 0 radical (unpaired) electrons. The molecule has 1 aliphatic heterocycles. The first-order valence-corrected chi connectivity index (χ1v) is 6.76. The lowest BCUT2D eigenvalue weighted by atomic mass is 10.2. The predicted molar refractivity (Wildman–Crippen MR) is 68.4 cm³/mol. The molecule has 0 aromatic carbocycles. The predicted octanol–water partition coefficient (Wildman–Crippen LogP) is 1.51. The number of rotatable bonds is 4. The summed E-state index contributed by atoms with van der Waals surface area (Å²) in [4.78, 5) is 16.4. The Balaban J connectivity index is 1.84. The van der Waals surface area contributed by atoms with Gasteiger partial charge in [0, 0.05) is 37.1 Å². The van der Waals surface area contributed by atoms with Crippen LogP contribution in [0.3, 0.4) is 0 Å². The zero-order valence-corrected chi connectivity index (χ0v) is 10.8. The Kier molecular flexibility index (Phi) is 4.15. The van der Waals surface area contributed by atoms with Crippen molar-refractivity contribution in [1.82, 2.24) is 9.80 Å². The van der Waals surface area contributed by atoms with E-state index in [1.807, 2.05) is 4.90 Å². The van der Waals surface area contributed by atoms with Crippen LogP contribution >= 0.6 is 11.3 Å². The lowest BCUT2D eigenvalue weighted by Gasteiger charge is -2.37. The van der Waals surface area contributed by atoms with Gasteiger partial charge in [-0.05, 0) is 18.4 Å². The molecular weight excluding hydrogens is 236 g/mol. The van der Waals surface area contributed by atoms with E-state index in [1.165, 1.54) is 4.88 Å². The van der Waals surface area contributed by atoms with Gasteiger partial charge in [-0.25, -0.2) is 0 Å². The summed E-state index contributed by atoms with van der Waals surface area (Å²) in [6, 6.07) is 4.69. The first-order valence-electron chi connectivity index (χ1n) is 5.88. The van der Waals surface area contributed by atoms with Crippen LogP contribution in [0.15, 0.2) is 17.5 Å². The molecule has 0 saturated carbocycles. The van der Waals surface area contributed by atoms with E-state index in [0.29, 0.717) is 6.04 Å². The van der Waals surface area contributed by atoms with Gasteiger partial charge < -0.3 is 5.11 Å². The van der Waals surface area contributed by atoms with Crippen LogP contribution in [-0.4, -0.2) is 53.6 Å². The van der Waals surface area contributed by atoms with Crippen molar-refractivity contribution in [1.29, 1.82) is 0 Å². The Morgan fingerprint density at radius 3 is 2.71 bits per heavy atom. The highest BCUT2D eigenvalue weighted by Crippen LogP contribution is 2.25. The highest BCUT2D eigenvalue weighted by Gasteiger charge is 2.23. The molecule has 1 aliphatic rings. The standard InChI is InChI=1S/C12H18N2O2S/c1-10(11-3-2-8-17-11)14-6-4-13(5-7-14)9-12(15)16/h2-3,8,10H,4-7,9H2,1H3,(H,15,16). The van der Waals surface area contributed by atoms with E-state index in [2.05, 4.69) is 29.3 Å². The van der Waals surface area contributed by atoms with Crippen LogP contribution in [0.1, 0.15) is 17.8 Å². The average Bonchev–Trinajstić information content (AvgIpc) is 2.82. The maximum Gasteiger partial charge on any atom is 0.317 e. The largest absolute Gasteiger partial charge is 0.480 e. The van der Waals surface area contributed by atoms with Crippen LogP contribution in [0.25, 0.3) is 0 Å². The van der Waals surface area contributed by atoms with Crippen LogP contribution in [0.5, 0.6) is 0 Å². The average molecular weight is 254 g/mol. The molecule has 1 aromatic heterocycles. The van der Waals surface area contributed by atoms with Gasteiger partial charge in [-0.2, -0.15) is 0 Å². The number of hydrogen-bond donors (Lipinski definition) is 1. The SMILES string of the molecule is CC(c1cccs1)N1CCN(CC(=O)O)CC1. The van der Waals surface area contributed by atoms with E-state index >= 15 is 0 Å². The van der Waals surface area contributed by atoms with Crippen LogP contribution < -0.4 is 0 Å². The first kappa shape index (κ1) is 12.5. The fraction of sp³-hybridized carbons (Fsp3) is 0.583. The number of piperazine rings is 1. The lowest BCUT2D eigenvalue weighted by molar-refractivity contribution is -0.138. The zero-order valence-electron chi connectivity index (χ0n) is 10.0. The van der Waals surface area contributed by atoms with Gasteiger partial charge >= 0.3 is 5.97 Å². The molecular formula is C12H18N2O2S. The van der Waals surface area contributed by atoms with Gasteiger partial charge in [-0.3, -0.25) is 14.6 Å². The first-order chi connectivity index (χ1) is 8.16. The smallest absolute Gasteiger partial charge is 0.317 e. The number of hydrogen-bond acceptors (Lipinski definition) is 4. The highest BCUT2D eigenvalue weighted by molar-refractivity contribution is 7.10. The molecule has 1 fully saturated rings. The fourth-order valence-electron chi connectivity index (χ4n) is 2.21. The summed E-state index contributed by atoms with van der Waals surface area (Å²) < 4.78 is 0. The molecule has 0 aliphatic carbocycles. The summed E-state index contributed by atoms with van der Waals surface area (Å²) in [5.41, 5.74) is 0. The van der Waals surface area contributed by atoms with E-state index in [0.717, 1.165) is 26.2 Å². The van der Waals surface area contributed by atoms with Crippen molar-refractivity contribution in [3.63, 3.8) is 0 Å². The fourth-order valence-corrected chi connectivity index (χ4v) is 3.03. The normalized spacial score (nSPS) is 20.3. The summed E-state index contributed by atoms with van der Waals surface area (Å²) in [5, 5.41) is 10.8. The maximum absolute atomic E-state index is 10.6. The third-order valence-corrected chi connectivity index (χ3v) is 4.31. The minimum atomic E-state index is -0.732. The monoisotopic (exact) mass is 254 g/mol. The summed E-state index contributed by atoms with van der Waals surface area (Å²) in [6.07, 6.45) is 0. The Bertz CT molecular complexity index is 359. The summed E-state index contributed by atoms with van der Waals surface area (Å²) >= 11 is 1.79. The third-order valence-electron chi connectivity index (χ3n) is 3.27. The van der Waals surface area contributed by atoms with E-state index in [9.17, 15) is 4.79 Å². The van der Waals surface area contributed by atoms with E-state index < -0.39 is 5.97 Å². The highest BCUT2D eigenvalue weighted by atomic mass is 32.1. The number of carboxylic acids is 1. The van der Waals surface area contributed by atoms with Gasteiger partial charge in [0.25, 0.3) is 0 Å². The number of nitrogens with zero attached hydrogens (tertiary/aromatic N) is 2. The van der Waals surface area contributed by atoms with Gasteiger partial charge in [0.2, 0.25) is 0 Å². The quantitative estimate of drug-likeness (QED) is 0.884. The molecule has 1 N–H and O–H groups in total. The van der Waals surface area contributed by atoms with Crippen molar-refractivity contribution >= 4 is 17.3 Å². The van der Waals surface area contributed by atoms with Gasteiger partial charge in [-0.15, -0.1) is 11.3 Å². The molecule has 94 valence electrons. The molecule has 2 heterocycles. The van der Waals surface area contributed by atoms with Crippen LogP contribution in [0.2, 0.25) is 0 Å². The Morgan fingerprint density at radius 2 is 2.18 bits per heavy atom. The van der Waals surface area contributed by atoms with Gasteiger partial charge in [0.1, 0.15) is 0 Å². The molecule has 0 spiro atoms. The van der Waals surface area contributed by atoms with Gasteiger partial charge in [0.15, 0.2) is 0 Å². The van der Waals surface area contributed by atoms with Gasteiger partial charge in [-0.1, -0.05) is 6.07 Å². The van der Waals surface area contributed by atoms with Crippen molar-refractivity contribution in [3.05, 3.63) is 22.4 Å². The van der Waals surface area contributed by atoms with Crippen molar-refractivity contribution in [2.45, 2.75) is 13.0 Å². The molecule has 0 bridgehead atoms. The van der Waals surface area contributed by atoms with Crippen molar-refractivity contribution in [2.24, 2.45) is 0 Å². The summed E-state index contributed by atoms with van der Waals surface area (Å²) in [7, 11) is 0. The molecule has 0 amide bonds. The Hall–Kier alpha value is -0.910. The lowest BCUT2D eigenvalue weighted by Crippen LogP contribution is -2.48. The second-order valence-corrected chi connectivity index (χ2v) is 5.38. The minimum absolute atomic E-state index is 0.168. The summed E-state index contributed by atoms with van der Waals surface area (Å²) in [5.74, 6) is -0.732. The van der Waals surface area contributed by atoms with Crippen molar-refractivity contribution in [3.8, 4) is 0 Å². The molecule has 2 rings (SSSR count). The van der Waals surface area contributed by atoms with Crippen molar-refractivity contribution < 1.29 is 9.90 Å². The number of thiophene rings is 1. The molecule has 1 aromatic rings. The maximum atomic E-state index is 10.6. The third kappa shape index (κ3) is 3.28. The molecule has 1 unspecified atom stereocenters. The Morgan fingerprint density at radius 1 is 1.47 bits per heavy atom. The van der Waals surface area contributed by atoms with E-state index in [-0.39, 0.29) is 6.54 Å². The van der Waals surface area contributed by atoms with E-state index in [4.69, 9.17) is 5.11 Å². The topological polar surface area (TPSA) is 43.8 Å². The molecule has 17 heavy (non-hydrogen) atoms. The van der Waals surface area contributed by atoms with Crippen LogP contribution in [0, 0.1) is 0 Å². The van der Waals surface area contributed by atoms with Crippen LogP contribution in [0.4, 0.5) is 0 Å². The van der Waals surface area contributed by atoms with Crippen LogP contribution in [-0.2, 0) is 4.79 Å². The molecule has 1 atom stereocenters. The van der Waals surface area contributed by atoms with E-state index in [1.54, 1.807) is 11.3 Å². The number of carbonyl (C=O) groups is 1. The molecule has 4 nitrogen and oxygen atoms in total. The zero-order chi connectivity index (χ0) is 12.3. The number of carboxylic acid groups (broad SMARTS) is 1. The van der Waals surface area contributed by atoms with Gasteiger partial charge in [0.05, 0.1) is 6.54 Å².